The summed E-state index contributed by atoms with van der Waals surface area (Å²) in [5.41, 5.74) is 1.24. The third-order valence-corrected chi connectivity index (χ3v) is 6.28. The first-order chi connectivity index (χ1) is 13.6. The van der Waals surface area contributed by atoms with Crippen LogP contribution in [0.25, 0.3) is 0 Å². The fourth-order valence-electron chi connectivity index (χ4n) is 3.92. The number of imide groups is 2. The molecule has 2 aliphatic heterocycles. The average molecular weight is 398 g/mol. The van der Waals surface area contributed by atoms with Crippen LogP contribution in [-0.2, 0) is 22.6 Å². The van der Waals surface area contributed by atoms with E-state index >= 15 is 0 Å². The maximum absolute atomic E-state index is 12.8. The van der Waals surface area contributed by atoms with Gasteiger partial charge in [0.15, 0.2) is 0 Å². The Hall–Kier alpha value is -2.51. The molecular formula is C21H23N3O3S. The monoisotopic (exact) mass is 397 g/mol. The van der Waals surface area contributed by atoms with Crippen molar-refractivity contribution < 1.29 is 14.4 Å². The summed E-state index contributed by atoms with van der Waals surface area (Å²) in [6.07, 6.45) is 4.08. The minimum atomic E-state index is -0.727. The first kappa shape index (κ1) is 18.8. The molecule has 1 aromatic heterocycles. The molecule has 4 amide bonds. The van der Waals surface area contributed by atoms with E-state index in [0.717, 1.165) is 46.9 Å². The second-order valence-electron chi connectivity index (χ2n) is 7.28. The SMILES string of the molecule is O=C1C(=O)N(CN2CCCCC2Cc2ccccc2)C(=O)N1Cc1cccs1. The molecule has 146 valence electrons. The van der Waals surface area contributed by atoms with E-state index in [4.69, 9.17) is 0 Å². The highest BCUT2D eigenvalue weighted by atomic mass is 32.1. The summed E-state index contributed by atoms with van der Waals surface area (Å²) in [6.45, 7) is 1.17. The van der Waals surface area contributed by atoms with Gasteiger partial charge < -0.3 is 0 Å². The molecule has 4 rings (SSSR count). The van der Waals surface area contributed by atoms with E-state index in [9.17, 15) is 14.4 Å². The Balaban J connectivity index is 1.46. The van der Waals surface area contributed by atoms with Crippen molar-refractivity contribution in [3.63, 3.8) is 0 Å². The average Bonchev–Trinajstić information content (AvgIpc) is 3.29. The molecule has 7 heteroatoms. The number of amides is 4. The number of carbonyl (C=O) groups excluding carboxylic acids is 3. The van der Waals surface area contributed by atoms with Crippen LogP contribution >= 0.6 is 11.3 Å². The minimum absolute atomic E-state index is 0.158. The maximum Gasteiger partial charge on any atom is 0.335 e. The smallest absolute Gasteiger partial charge is 0.282 e. The number of thiophene rings is 1. The van der Waals surface area contributed by atoms with E-state index in [1.807, 2.05) is 35.7 Å². The van der Waals surface area contributed by atoms with Crippen molar-refractivity contribution >= 4 is 29.2 Å². The van der Waals surface area contributed by atoms with Crippen LogP contribution < -0.4 is 0 Å². The van der Waals surface area contributed by atoms with Crippen molar-refractivity contribution in [2.24, 2.45) is 0 Å². The zero-order valence-electron chi connectivity index (χ0n) is 15.6. The highest BCUT2D eigenvalue weighted by molar-refractivity contribution is 7.09. The van der Waals surface area contributed by atoms with E-state index in [2.05, 4.69) is 17.0 Å². The predicted octanol–water partition coefficient (Wildman–Crippen LogP) is 3.09. The number of likely N-dealkylation sites (tertiary alicyclic amines) is 1. The van der Waals surface area contributed by atoms with Gasteiger partial charge in [-0.2, -0.15) is 0 Å². The summed E-state index contributed by atoms with van der Waals surface area (Å²) < 4.78 is 0. The Morgan fingerprint density at radius 1 is 0.929 bits per heavy atom. The predicted molar refractivity (Wildman–Crippen MR) is 106 cm³/mol. The van der Waals surface area contributed by atoms with Crippen LogP contribution in [0.2, 0.25) is 0 Å². The number of nitrogens with zero attached hydrogens (tertiary/aromatic N) is 3. The molecule has 6 nitrogen and oxygen atoms in total. The van der Waals surface area contributed by atoms with Crippen molar-refractivity contribution in [2.45, 2.75) is 38.3 Å². The molecule has 28 heavy (non-hydrogen) atoms. The summed E-state index contributed by atoms with van der Waals surface area (Å²) in [7, 11) is 0. The molecule has 0 saturated carbocycles. The fourth-order valence-corrected chi connectivity index (χ4v) is 4.61. The zero-order chi connectivity index (χ0) is 19.5. The largest absolute Gasteiger partial charge is 0.335 e. The third-order valence-electron chi connectivity index (χ3n) is 5.42. The first-order valence-electron chi connectivity index (χ1n) is 9.61. The molecule has 0 radical (unpaired) electrons. The molecular weight excluding hydrogens is 374 g/mol. The van der Waals surface area contributed by atoms with Crippen molar-refractivity contribution in [1.82, 2.24) is 14.7 Å². The normalized spacial score (nSPS) is 21.0. The molecule has 1 unspecified atom stereocenters. The van der Waals surface area contributed by atoms with Gasteiger partial charge in [-0.3, -0.25) is 19.4 Å². The molecule has 3 heterocycles. The Kier molecular flexibility index (Phi) is 5.54. The number of benzene rings is 1. The zero-order valence-corrected chi connectivity index (χ0v) is 16.4. The highest BCUT2D eigenvalue weighted by Gasteiger charge is 2.45. The standard InChI is InChI=1S/C21H23N3O3S/c25-19-20(26)24(21(27)23(19)14-18-10-6-12-28-18)15-22-11-5-4-9-17(22)13-16-7-2-1-3-8-16/h1-3,6-8,10,12,17H,4-5,9,11,13-15H2. The molecule has 0 bridgehead atoms. The number of urea groups is 1. The van der Waals surface area contributed by atoms with Gasteiger partial charge in [0.25, 0.3) is 0 Å². The second-order valence-corrected chi connectivity index (χ2v) is 8.31. The number of piperidine rings is 1. The van der Waals surface area contributed by atoms with Gasteiger partial charge in [0.2, 0.25) is 0 Å². The lowest BCUT2D eigenvalue weighted by molar-refractivity contribution is -0.144. The highest BCUT2D eigenvalue weighted by Crippen LogP contribution is 2.24. The summed E-state index contributed by atoms with van der Waals surface area (Å²) in [4.78, 5) is 42.9. The first-order valence-corrected chi connectivity index (χ1v) is 10.5. The van der Waals surface area contributed by atoms with Gasteiger partial charge in [0.1, 0.15) is 0 Å². The van der Waals surface area contributed by atoms with E-state index < -0.39 is 17.8 Å². The van der Waals surface area contributed by atoms with Gasteiger partial charge >= 0.3 is 17.8 Å². The number of hydrogen-bond donors (Lipinski definition) is 0. The third kappa shape index (κ3) is 3.86. The van der Waals surface area contributed by atoms with Crippen LogP contribution in [-0.4, -0.2) is 51.8 Å². The van der Waals surface area contributed by atoms with Gasteiger partial charge in [-0.15, -0.1) is 11.3 Å². The van der Waals surface area contributed by atoms with Crippen molar-refractivity contribution in [1.29, 1.82) is 0 Å². The summed E-state index contributed by atoms with van der Waals surface area (Å²) in [6, 6.07) is 13.7. The second kappa shape index (κ2) is 8.24. The molecule has 0 spiro atoms. The van der Waals surface area contributed by atoms with Gasteiger partial charge in [-0.1, -0.05) is 42.8 Å². The molecule has 0 N–H and O–H groups in total. The Bertz CT molecular complexity index is 853. The number of carbonyl (C=O) groups is 3. The maximum atomic E-state index is 12.8. The van der Waals surface area contributed by atoms with Gasteiger partial charge in [-0.05, 0) is 36.3 Å². The summed E-state index contributed by atoms with van der Waals surface area (Å²) in [5.74, 6) is -1.44. The quantitative estimate of drug-likeness (QED) is 0.555. The molecule has 2 fully saturated rings. The Morgan fingerprint density at radius 3 is 2.46 bits per heavy atom. The lowest BCUT2D eigenvalue weighted by atomic mass is 9.96. The van der Waals surface area contributed by atoms with Crippen LogP contribution in [0.5, 0.6) is 0 Å². The molecule has 2 aromatic rings. The van der Waals surface area contributed by atoms with Crippen LogP contribution in [0.15, 0.2) is 47.8 Å². The van der Waals surface area contributed by atoms with Crippen molar-refractivity contribution in [3.05, 3.63) is 58.3 Å². The van der Waals surface area contributed by atoms with Gasteiger partial charge in [-0.25, -0.2) is 9.69 Å². The molecule has 0 aliphatic carbocycles. The fraction of sp³-hybridized carbons (Fsp3) is 0.381. The number of rotatable bonds is 6. The summed E-state index contributed by atoms with van der Waals surface area (Å²) in [5, 5.41) is 1.89. The molecule has 1 atom stereocenters. The van der Waals surface area contributed by atoms with Crippen molar-refractivity contribution in [2.75, 3.05) is 13.2 Å². The van der Waals surface area contributed by atoms with E-state index in [1.165, 1.54) is 16.9 Å². The van der Waals surface area contributed by atoms with E-state index in [-0.39, 0.29) is 19.3 Å². The van der Waals surface area contributed by atoms with Crippen LogP contribution in [0, 0.1) is 0 Å². The van der Waals surface area contributed by atoms with Gasteiger partial charge in [0.05, 0.1) is 13.2 Å². The number of hydrogen-bond acceptors (Lipinski definition) is 5. The van der Waals surface area contributed by atoms with Crippen LogP contribution in [0.3, 0.4) is 0 Å². The van der Waals surface area contributed by atoms with Crippen LogP contribution in [0.4, 0.5) is 4.79 Å². The molecule has 1 aromatic carbocycles. The van der Waals surface area contributed by atoms with Gasteiger partial charge in [0, 0.05) is 17.5 Å². The van der Waals surface area contributed by atoms with Crippen molar-refractivity contribution in [3.8, 4) is 0 Å². The summed E-state index contributed by atoms with van der Waals surface area (Å²) >= 11 is 1.47. The molecule has 2 saturated heterocycles. The minimum Gasteiger partial charge on any atom is -0.282 e. The lowest BCUT2D eigenvalue weighted by Gasteiger charge is -2.37. The van der Waals surface area contributed by atoms with Crippen LogP contribution in [0.1, 0.15) is 29.7 Å². The lowest BCUT2D eigenvalue weighted by Crippen LogP contribution is -2.49. The molecule has 2 aliphatic rings. The van der Waals surface area contributed by atoms with E-state index in [0.29, 0.717) is 0 Å². The topological polar surface area (TPSA) is 60.9 Å². The Morgan fingerprint density at radius 2 is 1.71 bits per heavy atom. The van der Waals surface area contributed by atoms with E-state index in [1.54, 1.807) is 0 Å². The Labute approximate surface area is 168 Å².